The fourth-order valence-electron chi connectivity index (χ4n) is 4.97. The molecule has 4 aromatic carbocycles. The Hall–Kier alpha value is -5.46. The Balaban J connectivity index is 0.000000311. The van der Waals surface area contributed by atoms with Gasteiger partial charge >= 0.3 is 12.4 Å². The molecule has 0 unspecified atom stereocenters. The van der Waals surface area contributed by atoms with Crippen LogP contribution in [0.2, 0.25) is 0 Å². The Morgan fingerprint density at radius 2 is 0.966 bits per heavy atom. The number of rotatable bonds is 8. The summed E-state index contributed by atoms with van der Waals surface area (Å²) >= 11 is 0.647. The van der Waals surface area contributed by atoms with Crippen LogP contribution in [-0.2, 0) is 41.9 Å². The highest BCUT2D eigenvalue weighted by Crippen LogP contribution is 2.42. The largest absolute Gasteiger partial charge is 0.417 e. The van der Waals surface area contributed by atoms with E-state index < -0.39 is 91.4 Å². The van der Waals surface area contributed by atoms with Crippen molar-refractivity contribution in [2.75, 3.05) is 12.5 Å². The number of hydrogen-bond donors (Lipinski definition) is 4. The number of carbonyl (C=O) groups is 2. The van der Waals surface area contributed by atoms with Gasteiger partial charge < -0.3 is 22.9 Å². The maximum atomic E-state index is 13.3. The second-order valence-corrected chi connectivity index (χ2v) is 19.0. The van der Waals surface area contributed by atoms with Crippen LogP contribution in [0.1, 0.15) is 43.0 Å². The van der Waals surface area contributed by atoms with Crippen molar-refractivity contribution in [1.82, 2.24) is 0 Å². The lowest BCUT2D eigenvalue weighted by atomic mass is 10.1. The number of hydrogen-bond acceptors (Lipinski definition) is 9. The van der Waals surface area contributed by atoms with Crippen molar-refractivity contribution in [3.05, 3.63) is 106 Å². The van der Waals surface area contributed by atoms with Crippen LogP contribution in [0.3, 0.4) is 0 Å². The highest BCUT2D eigenvalue weighted by atomic mass is 32.2. The topological polar surface area (TPSA) is 265 Å². The Labute approximate surface area is 332 Å². The fraction of sp³-hybridized carbons (Fsp3) is 0.176. The first kappa shape index (κ1) is 46.9. The number of aliphatic imine (C=N–C) groups is 2. The van der Waals surface area contributed by atoms with E-state index in [1.807, 2.05) is 0 Å². The van der Waals surface area contributed by atoms with Crippen molar-refractivity contribution in [3.8, 4) is 0 Å². The van der Waals surface area contributed by atoms with Gasteiger partial charge in [0.1, 0.15) is 0 Å². The molecule has 0 fully saturated rings. The second-order valence-electron chi connectivity index (χ2n) is 12.0. The van der Waals surface area contributed by atoms with Crippen LogP contribution in [0.25, 0.3) is 0 Å². The first-order valence-corrected chi connectivity index (χ1v) is 21.7. The van der Waals surface area contributed by atoms with Crippen molar-refractivity contribution < 1.29 is 61.2 Å². The number of amides is 2. The van der Waals surface area contributed by atoms with Crippen LogP contribution in [-0.4, -0.2) is 61.5 Å². The molecule has 0 atom stereocenters. The molecule has 0 saturated carbocycles. The lowest BCUT2D eigenvalue weighted by molar-refractivity contribution is -0.140. The molecule has 0 aliphatic heterocycles. The monoisotopic (exact) mass is 894 g/mol. The third kappa shape index (κ3) is 11.3. The average molecular weight is 895 g/mol. The number of nitrogens with zero attached hydrogens (tertiary/aromatic N) is 2. The number of halogens is 6. The SMILES string of the molecule is Cc1cc(S(=O)(=O)c2ccccc2C(F)(F)F)c(S(C)(=O)=O)cc1C(=O)N=C(N)N.Cc1cc(Sc2ccccc2C(F)(F)F)c(S(C)(=O)=O)cc1C(=O)N=C(N)N. The van der Waals surface area contributed by atoms with E-state index in [9.17, 15) is 61.2 Å². The third-order valence-electron chi connectivity index (χ3n) is 7.49. The van der Waals surface area contributed by atoms with E-state index >= 15 is 0 Å². The normalized spacial score (nSPS) is 12.2. The minimum absolute atomic E-state index is 0.0537. The summed E-state index contributed by atoms with van der Waals surface area (Å²) in [7, 11) is -13.1. The summed E-state index contributed by atoms with van der Waals surface area (Å²) in [5, 5.41) is 0. The van der Waals surface area contributed by atoms with Crippen LogP contribution in [0.4, 0.5) is 26.3 Å². The maximum absolute atomic E-state index is 13.3. The lowest BCUT2D eigenvalue weighted by Crippen LogP contribution is -2.24. The molecule has 0 heterocycles. The zero-order chi connectivity index (χ0) is 44.3. The van der Waals surface area contributed by atoms with E-state index in [-0.39, 0.29) is 31.4 Å². The second kappa shape index (κ2) is 17.2. The highest BCUT2D eigenvalue weighted by molar-refractivity contribution is 8.00. The minimum Gasteiger partial charge on any atom is -0.370 e. The quantitative estimate of drug-likeness (QED) is 0.107. The summed E-state index contributed by atoms with van der Waals surface area (Å²) in [6, 6.07) is 12.1. The predicted octanol–water partition coefficient (Wildman–Crippen LogP) is 4.65. The molecule has 8 N–H and O–H groups in total. The molecule has 0 saturated heterocycles. The van der Waals surface area contributed by atoms with Gasteiger partial charge in [0.15, 0.2) is 31.6 Å². The van der Waals surface area contributed by atoms with Crippen LogP contribution >= 0.6 is 11.8 Å². The van der Waals surface area contributed by atoms with Gasteiger partial charge in [0, 0.05) is 33.4 Å². The minimum atomic E-state index is -5.01. The first-order valence-electron chi connectivity index (χ1n) is 15.6. The third-order valence-corrected chi connectivity index (χ3v) is 13.0. The van der Waals surface area contributed by atoms with Crippen molar-refractivity contribution in [2.24, 2.45) is 32.9 Å². The first-order chi connectivity index (χ1) is 26.4. The zero-order valence-corrected chi connectivity index (χ0v) is 33.6. The standard InChI is InChI=1S/C17H16F3N3O5S2.C17H16F3N3O3S2/c1-9-7-14(13(29(2,25)26)8-10(9)15(24)23-16(21)22)30(27,28)12-6-4-3-5-11(12)17(18,19)20;1-9-7-13(27-12-6-4-3-5-11(12)17(18,19)20)14(28(2,25)26)8-10(9)15(24)23-16(21)22/h3-8H,1-2H3,(H4,21,22,23,24);3-8H,1-2H3,(H4,21,22,23,24). The van der Waals surface area contributed by atoms with E-state index in [0.717, 1.165) is 48.7 Å². The fourth-order valence-corrected chi connectivity index (χ4v) is 10.5. The number of guanidine groups is 2. The Bertz CT molecular complexity index is 2690. The molecule has 0 aromatic heterocycles. The predicted molar refractivity (Wildman–Crippen MR) is 201 cm³/mol. The summed E-state index contributed by atoms with van der Waals surface area (Å²) in [5.74, 6) is -3.01. The lowest BCUT2D eigenvalue weighted by Gasteiger charge is -2.16. The molecule has 2 amide bonds. The molecular formula is C34H32F6N6O8S4. The van der Waals surface area contributed by atoms with Gasteiger partial charge in [-0.2, -0.15) is 36.3 Å². The number of alkyl halides is 6. The maximum Gasteiger partial charge on any atom is 0.417 e. The molecule has 0 aliphatic rings. The highest BCUT2D eigenvalue weighted by Gasteiger charge is 2.39. The van der Waals surface area contributed by atoms with Crippen molar-refractivity contribution in [3.63, 3.8) is 0 Å². The Kier molecular flexibility index (Phi) is 13.9. The summed E-state index contributed by atoms with van der Waals surface area (Å²) < 4.78 is 155. The van der Waals surface area contributed by atoms with Crippen LogP contribution < -0.4 is 22.9 Å². The molecule has 0 spiro atoms. The van der Waals surface area contributed by atoms with E-state index in [1.165, 1.54) is 38.1 Å². The van der Waals surface area contributed by atoms with E-state index in [2.05, 4.69) is 9.98 Å². The number of sulfone groups is 3. The Morgan fingerprint density at radius 3 is 1.41 bits per heavy atom. The Morgan fingerprint density at radius 1 is 0.552 bits per heavy atom. The molecule has 14 nitrogen and oxygen atoms in total. The number of aryl methyl sites for hydroxylation is 2. The van der Waals surface area contributed by atoms with Gasteiger partial charge in [-0.3, -0.25) is 9.59 Å². The van der Waals surface area contributed by atoms with E-state index in [1.54, 1.807) is 0 Å². The molecule has 24 heteroatoms. The molecule has 312 valence electrons. The number of carbonyl (C=O) groups excluding carboxylic acids is 2. The van der Waals surface area contributed by atoms with Gasteiger partial charge in [-0.1, -0.05) is 36.0 Å². The van der Waals surface area contributed by atoms with Crippen molar-refractivity contribution in [1.29, 1.82) is 0 Å². The molecular weight excluding hydrogens is 863 g/mol. The van der Waals surface area contributed by atoms with Crippen LogP contribution in [0.5, 0.6) is 0 Å². The molecule has 0 radical (unpaired) electrons. The zero-order valence-electron chi connectivity index (χ0n) is 30.3. The summed E-state index contributed by atoms with van der Waals surface area (Å²) in [6.07, 6.45) is -8.06. The average Bonchev–Trinajstić information content (AvgIpc) is 3.06. The summed E-state index contributed by atoms with van der Waals surface area (Å²) in [6.45, 7) is 2.76. The molecule has 4 rings (SSSR count). The van der Waals surface area contributed by atoms with Gasteiger partial charge in [0.05, 0.1) is 30.7 Å². The molecule has 0 bridgehead atoms. The molecule has 58 heavy (non-hydrogen) atoms. The van der Waals surface area contributed by atoms with Gasteiger partial charge in [0.25, 0.3) is 11.8 Å². The van der Waals surface area contributed by atoms with Gasteiger partial charge in [0.2, 0.25) is 9.84 Å². The summed E-state index contributed by atoms with van der Waals surface area (Å²) in [5.41, 5.74) is 18.1. The van der Waals surface area contributed by atoms with Gasteiger partial charge in [-0.25, -0.2) is 25.3 Å². The molecule has 4 aromatic rings. The van der Waals surface area contributed by atoms with Crippen LogP contribution in [0, 0.1) is 13.8 Å². The van der Waals surface area contributed by atoms with Crippen molar-refractivity contribution in [2.45, 2.75) is 55.6 Å². The molecule has 0 aliphatic carbocycles. The number of nitrogens with two attached hydrogens (primary N) is 4. The van der Waals surface area contributed by atoms with Gasteiger partial charge in [-0.15, -0.1) is 0 Å². The summed E-state index contributed by atoms with van der Waals surface area (Å²) in [4.78, 5) is 27.6. The smallest absolute Gasteiger partial charge is 0.370 e. The number of benzene rings is 4. The van der Waals surface area contributed by atoms with E-state index in [0.29, 0.717) is 29.6 Å². The van der Waals surface area contributed by atoms with Gasteiger partial charge in [-0.05, 0) is 73.5 Å². The van der Waals surface area contributed by atoms with Crippen LogP contribution in [0.15, 0.2) is 112 Å². The van der Waals surface area contributed by atoms with Crippen molar-refractivity contribution >= 4 is 65.0 Å². The van der Waals surface area contributed by atoms with E-state index in [4.69, 9.17) is 22.9 Å².